The van der Waals surface area contributed by atoms with Crippen LogP contribution in [0.2, 0.25) is 0 Å². The largest absolute Gasteiger partial charge is 0.381 e. The number of unbranched alkanes of at least 4 members (excludes halogenated alkanes) is 1. The predicted octanol–water partition coefficient (Wildman–Crippen LogP) is 2.06. The van der Waals surface area contributed by atoms with Crippen molar-refractivity contribution < 1.29 is 22.3 Å². The van der Waals surface area contributed by atoms with Crippen LogP contribution in [-0.4, -0.2) is 40.6 Å². The van der Waals surface area contributed by atoms with Crippen LogP contribution in [-0.2, 0) is 14.8 Å². The van der Waals surface area contributed by atoms with Crippen LogP contribution in [0.3, 0.4) is 0 Å². The Hall–Kier alpha value is -1.51. The minimum absolute atomic E-state index is 0.140. The number of ether oxygens (including phenoxy) is 1. The third kappa shape index (κ3) is 6.54. The van der Waals surface area contributed by atoms with Gasteiger partial charge in [0.25, 0.3) is 5.91 Å². The van der Waals surface area contributed by atoms with E-state index in [4.69, 9.17) is 4.74 Å². The number of amides is 1. The van der Waals surface area contributed by atoms with E-state index < -0.39 is 21.7 Å². The van der Waals surface area contributed by atoms with E-state index in [2.05, 4.69) is 17.0 Å². The minimum Gasteiger partial charge on any atom is -0.381 e. The van der Waals surface area contributed by atoms with Crippen molar-refractivity contribution in [3.05, 3.63) is 29.6 Å². The van der Waals surface area contributed by atoms with E-state index in [9.17, 15) is 17.6 Å². The lowest BCUT2D eigenvalue weighted by Crippen LogP contribution is -2.27. The molecule has 0 spiro atoms. The van der Waals surface area contributed by atoms with Gasteiger partial charge in [0.2, 0.25) is 10.0 Å². The van der Waals surface area contributed by atoms with Crippen LogP contribution in [0, 0.1) is 5.82 Å². The molecule has 24 heavy (non-hydrogen) atoms. The van der Waals surface area contributed by atoms with Crippen LogP contribution >= 0.6 is 0 Å². The molecule has 136 valence electrons. The smallest absolute Gasteiger partial charge is 0.254 e. The zero-order valence-electron chi connectivity index (χ0n) is 14.1. The molecule has 0 aliphatic carbocycles. The van der Waals surface area contributed by atoms with E-state index in [0.29, 0.717) is 26.2 Å². The number of rotatable bonds is 11. The molecule has 0 saturated heterocycles. The summed E-state index contributed by atoms with van der Waals surface area (Å²) in [5.41, 5.74) is -0.291. The number of sulfonamides is 1. The third-order valence-corrected chi connectivity index (χ3v) is 4.76. The Kier molecular flexibility index (Phi) is 8.88. The quantitative estimate of drug-likeness (QED) is 0.592. The highest BCUT2D eigenvalue weighted by molar-refractivity contribution is 7.89. The third-order valence-electron chi connectivity index (χ3n) is 3.22. The monoisotopic (exact) mass is 360 g/mol. The molecule has 2 N–H and O–H groups in total. The van der Waals surface area contributed by atoms with E-state index in [1.165, 1.54) is 0 Å². The van der Waals surface area contributed by atoms with Gasteiger partial charge in [0.15, 0.2) is 0 Å². The van der Waals surface area contributed by atoms with Gasteiger partial charge < -0.3 is 10.1 Å². The molecule has 0 bridgehead atoms. The number of nitrogens with one attached hydrogen (secondary N) is 2. The standard InChI is InChI=1S/C16H25FN2O4S/c1-3-5-10-23-11-6-9-18-16(20)14-12-13(7-8-15(14)17)24(21,22)19-4-2/h7-8,12,19H,3-6,9-11H2,1-2H3,(H,18,20). The molecule has 1 rings (SSSR count). The Labute approximate surface area is 142 Å². The van der Waals surface area contributed by atoms with Gasteiger partial charge in [-0.1, -0.05) is 20.3 Å². The topological polar surface area (TPSA) is 84.5 Å². The van der Waals surface area contributed by atoms with Gasteiger partial charge in [-0.15, -0.1) is 0 Å². The molecule has 0 aromatic heterocycles. The molecule has 0 unspecified atom stereocenters. The summed E-state index contributed by atoms with van der Waals surface area (Å²) in [7, 11) is -3.74. The van der Waals surface area contributed by atoms with Gasteiger partial charge in [-0.2, -0.15) is 0 Å². The molecule has 0 aliphatic heterocycles. The molecule has 6 nitrogen and oxygen atoms in total. The van der Waals surface area contributed by atoms with Crippen molar-refractivity contribution in [3.63, 3.8) is 0 Å². The SMILES string of the molecule is CCCCOCCCNC(=O)c1cc(S(=O)(=O)NCC)ccc1F. The van der Waals surface area contributed by atoms with Crippen LogP contribution in [0.1, 0.15) is 43.5 Å². The second kappa shape index (κ2) is 10.4. The molecule has 0 fully saturated rings. The highest BCUT2D eigenvalue weighted by Gasteiger charge is 2.18. The van der Waals surface area contributed by atoms with Gasteiger partial charge >= 0.3 is 0 Å². The van der Waals surface area contributed by atoms with E-state index in [-0.39, 0.29) is 17.0 Å². The first kappa shape index (κ1) is 20.5. The van der Waals surface area contributed by atoms with Crippen LogP contribution in [0.5, 0.6) is 0 Å². The normalized spacial score (nSPS) is 11.5. The number of hydrogen-bond acceptors (Lipinski definition) is 4. The zero-order chi connectivity index (χ0) is 18.0. The van der Waals surface area contributed by atoms with E-state index >= 15 is 0 Å². The van der Waals surface area contributed by atoms with Gasteiger partial charge in [0.1, 0.15) is 5.82 Å². The van der Waals surface area contributed by atoms with Crippen molar-refractivity contribution in [1.29, 1.82) is 0 Å². The first-order chi connectivity index (χ1) is 11.4. The van der Waals surface area contributed by atoms with E-state index in [0.717, 1.165) is 31.0 Å². The Balaban J connectivity index is 2.61. The molecule has 0 aliphatic rings. The van der Waals surface area contributed by atoms with Crippen molar-refractivity contribution in [1.82, 2.24) is 10.0 Å². The molecular weight excluding hydrogens is 335 g/mol. The Morgan fingerprint density at radius 1 is 1.21 bits per heavy atom. The fourth-order valence-corrected chi connectivity index (χ4v) is 3.01. The number of halogens is 1. The lowest BCUT2D eigenvalue weighted by molar-refractivity contribution is 0.0936. The summed E-state index contributed by atoms with van der Waals surface area (Å²) in [6.07, 6.45) is 2.65. The fraction of sp³-hybridized carbons (Fsp3) is 0.562. The molecule has 0 atom stereocenters. The maximum Gasteiger partial charge on any atom is 0.254 e. The lowest BCUT2D eigenvalue weighted by Gasteiger charge is -2.09. The number of carbonyl (C=O) groups excluding carboxylic acids is 1. The molecule has 1 aromatic carbocycles. The van der Waals surface area contributed by atoms with Crippen molar-refractivity contribution in [2.45, 2.75) is 38.0 Å². The summed E-state index contributed by atoms with van der Waals surface area (Å²) in [4.78, 5) is 11.9. The van der Waals surface area contributed by atoms with Crippen LogP contribution in [0.15, 0.2) is 23.1 Å². The van der Waals surface area contributed by atoms with Crippen LogP contribution in [0.4, 0.5) is 4.39 Å². The van der Waals surface area contributed by atoms with E-state index in [1.54, 1.807) is 6.92 Å². The van der Waals surface area contributed by atoms with Crippen molar-refractivity contribution >= 4 is 15.9 Å². The Bertz CT molecular complexity index is 635. The molecule has 1 amide bonds. The Morgan fingerprint density at radius 3 is 2.58 bits per heavy atom. The maximum absolute atomic E-state index is 13.8. The second-order valence-electron chi connectivity index (χ2n) is 5.22. The number of benzene rings is 1. The average Bonchev–Trinajstić information content (AvgIpc) is 2.54. The van der Waals surface area contributed by atoms with E-state index in [1.807, 2.05) is 0 Å². The van der Waals surface area contributed by atoms with Gasteiger partial charge in [0, 0.05) is 26.3 Å². The molecular formula is C16H25FN2O4S. The summed E-state index contributed by atoms with van der Waals surface area (Å²) in [6.45, 7) is 5.44. The predicted molar refractivity (Wildman–Crippen MR) is 89.9 cm³/mol. The van der Waals surface area contributed by atoms with Gasteiger partial charge in [-0.25, -0.2) is 17.5 Å². The fourth-order valence-electron chi connectivity index (χ4n) is 1.94. The van der Waals surface area contributed by atoms with Crippen molar-refractivity contribution in [2.75, 3.05) is 26.3 Å². The molecule has 8 heteroatoms. The van der Waals surface area contributed by atoms with Gasteiger partial charge in [-0.05, 0) is 31.0 Å². The lowest BCUT2D eigenvalue weighted by atomic mass is 10.2. The Morgan fingerprint density at radius 2 is 1.92 bits per heavy atom. The van der Waals surface area contributed by atoms with Crippen molar-refractivity contribution in [2.24, 2.45) is 0 Å². The van der Waals surface area contributed by atoms with Crippen LogP contribution < -0.4 is 10.0 Å². The highest BCUT2D eigenvalue weighted by Crippen LogP contribution is 2.15. The number of carbonyl (C=O) groups is 1. The molecule has 0 heterocycles. The second-order valence-corrected chi connectivity index (χ2v) is 6.99. The summed E-state index contributed by atoms with van der Waals surface area (Å²) in [6, 6.07) is 3.15. The molecule has 1 aromatic rings. The van der Waals surface area contributed by atoms with Crippen LogP contribution in [0.25, 0.3) is 0 Å². The first-order valence-corrected chi connectivity index (χ1v) is 9.55. The number of hydrogen-bond donors (Lipinski definition) is 2. The first-order valence-electron chi connectivity index (χ1n) is 8.07. The summed E-state index contributed by atoms with van der Waals surface area (Å²) >= 11 is 0. The zero-order valence-corrected chi connectivity index (χ0v) is 14.9. The average molecular weight is 360 g/mol. The summed E-state index contributed by atoms with van der Waals surface area (Å²) in [5.74, 6) is -1.41. The maximum atomic E-state index is 13.8. The van der Waals surface area contributed by atoms with Crippen molar-refractivity contribution in [3.8, 4) is 0 Å². The molecule has 0 radical (unpaired) electrons. The molecule has 0 saturated carbocycles. The summed E-state index contributed by atoms with van der Waals surface area (Å²) < 4.78 is 45.3. The summed E-state index contributed by atoms with van der Waals surface area (Å²) in [5, 5.41) is 2.57. The minimum atomic E-state index is -3.74. The highest BCUT2D eigenvalue weighted by atomic mass is 32.2. The van der Waals surface area contributed by atoms with Gasteiger partial charge in [0.05, 0.1) is 10.5 Å². The van der Waals surface area contributed by atoms with Gasteiger partial charge in [-0.3, -0.25) is 4.79 Å².